The fraction of sp³-hybridized carbons (Fsp3) is 0.488. The first-order valence-corrected chi connectivity index (χ1v) is 20.3. The van der Waals surface area contributed by atoms with E-state index < -0.39 is 8.07 Å². The van der Waals surface area contributed by atoms with Gasteiger partial charge < -0.3 is 0 Å². The van der Waals surface area contributed by atoms with E-state index in [1.54, 1.807) is 20.8 Å². The molecule has 0 unspecified atom stereocenters. The Bertz CT molecular complexity index is 1390. The zero-order chi connectivity index (χ0) is 33.5. The first-order chi connectivity index (χ1) is 21.0. The van der Waals surface area contributed by atoms with Gasteiger partial charge in [0.15, 0.2) is 0 Å². The van der Waals surface area contributed by atoms with Crippen LogP contribution in [0.4, 0.5) is 0 Å². The van der Waals surface area contributed by atoms with E-state index >= 15 is 0 Å². The molecule has 0 spiro atoms. The standard InChI is InChI=1S/C43H59Si.3ClH.Ti/c1-26(2)34-17-35(27(3)4)21-40(20-34)44(43-16-15-32(13)33(43)14,41-22-36(28(5)6)18-37(23-41)29(7)8)42-24-38(30(9)10)19-39(25-42)31(11)12;;;;/h17-31H,16H2,1-14H3;3*1H;. The van der Waals surface area contributed by atoms with Crippen molar-refractivity contribution in [2.75, 3.05) is 0 Å². The monoisotopic (exact) mass is 759 g/mol. The van der Waals surface area contributed by atoms with Crippen LogP contribution in [0.15, 0.2) is 74.8 Å². The largest absolute Gasteiger partial charge is 0.147 e. The third kappa shape index (κ3) is 8.86. The van der Waals surface area contributed by atoms with Crippen molar-refractivity contribution in [3.8, 4) is 0 Å². The van der Waals surface area contributed by atoms with Crippen LogP contribution >= 0.6 is 37.2 Å². The maximum absolute atomic E-state index is 2.76. The van der Waals surface area contributed by atoms with Crippen LogP contribution in [0.5, 0.6) is 0 Å². The molecule has 0 amide bonds. The van der Waals surface area contributed by atoms with E-state index in [4.69, 9.17) is 0 Å². The minimum atomic E-state index is -2.76. The molecule has 0 saturated carbocycles. The Labute approximate surface area is 326 Å². The van der Waals surface area contributed by atoms with Crippen LogP contribution in [-0.4, -0.2) is 8.07 Å². The Morgan fingerprint density at radius 2 is 0.646 bits per heavy atom. The average Bonchev–Trinajstić information content (AvgIpc) is 3.24. The summed E-state index contributed by atoms with van der Waals surface area (Å²) in [4.78, 5) is 0. The second kappa shape index (κ2) is 17.9. The second-order valence-electron chi connectivity index (χ2n) is 15.7. The molecule has 0 heterocycles. The predicted octanol–water partition coefficient (Wildman–Crippen LogP) is 12.2. The summed E-state index contributed by atoms with van der Waals surface area (Å²) in [6, 6.07) is 23.3. The summed E-state index contributed by atoms with van der Waals surface area (Å²) >= 11 is 2.38. The van der Waals surface area contributed by atoms with E-state index in [1.807, 2.05) is 0 Å². The van der Waals surface area contributed by atoms with Crippen LogP contribution in [0.2, 0.25) is 0 Å². The van der Waals surface area contributed by atoms with Crippen molar-refractivity contribution >= 4 is 60.9 Å². The minimum Gasteiger partial charge on any atom is -0.147 e. The molecular formula is C43H62Cl3SiTi. The van der Waals surface area contributed by atoms with Crippen LogP contribution in [-0.2, 0) is 20.4 Å². The molecule has 1 aliphatic rings. The van der Waals surface area contributed by atoms with E-state index in [2.05, 4.69) is 172 Å². The number of allylic oxidation sites excluding steroid dienone is 4. The van der Waals surface area contributed by atoms with E-state index in [0.29, 0.717) is 35.5 Å². The summed E-state index contributed by atoms with van der Waals surface area (Å²) in [5, 5.41) is 6.40. The van der Waals surface area contributed by atoms with Crippen LogP contribution in [0.25, 0.3) is 0 Å². The summed E-state index contributed by atoms with van der Waals surface area (Å²) in [7, 11) is -2.76. The maximum Gasteiger partial charge on any atom is -0.147 e. The molecule has 48 heavy (non-hydrogen) atoms. The van der Waals surface area contributed by atoms with Gasteiger partial charge in [-0.1, -0.05) is 0 Å². The van der Waals surface area contributed by atoms with Gasteiger partial charge in [0.25, 0.3) is 0 Å². The van der Waals surface area contributed by atoms with Crippen molar-refractivity contribution in [2.24, 2.45) is 0 Å². The molecule has 0 fully saturated rings. The quantitative estimate of drug-likeness (QED) is 0.143. The summed E-state index contributed by atoms with van der Waals surface area (Å²) in [5.74, 6) is 2.81. The Kier molecular flexibility index (Phi) is 16.8. The third-order valence-electron chi connectivity index (χ3n) is 10.5. The van der Waals surface area contributed by atoms with Gasteiger partial charge in [-0.2, -0.15) is 0 Å². The molecule has 4 rings (SSSR count). The number of halogens is 3. The van der Waals surface area contributed by atoms with Gasteiger partial charge in [-0.05, 0) is 0 Å². The smallest absolute Gasteiger partial charge is 0.147 e. The summed E-state index contributed by atoms with van der Waals surface area (Å²) in [6.07, 6.45) is 1.07. The Morgan fingerprint density at radius 3 is 0.812 bits per heavy atom. The van der Waals surface area contributed by atoms with Crippen molar-refractivity contribution in [2.45, 2.75) is 139 Å². The Hall–Kier alpha value is -1.06. The zero-order valence-electron chi connectivity index (χ0n) is 32.1. The van der Waals surface area contributed by atoms with Gasteiger partial charge in [0.2, 0.25) is 0 Å². The first kappa shape index (κ1) is 45.0. The summed E-state index contributed by atoms with van der Waals surface area (Å²) in [5.41, 5.74) is 11.9. The molecule has 0 aromatic heterocycles. The number of hydrogen-bond donors (Lipinski definition) is 0. The van der Waals surface area contributed by atoms with Crippen molar-refractivity contribution < 1.29 is 20.4 Å². The van der Waals surface area contributed by atoms with E-state index in [-0.39, 0.29) is 37.2 Å². The van der Waals surface area contributed by atoms with Crippen LogP contribution in [0.1, 0.15) is 172 Å². The molecule has 3 aromatic carbocycles. The van der Waals surface area contributed by atoms with Crippen LogP contribution in [0, 0.1) is 0 Å². The molecule has 1 aliphatic carbocycles. The summed E-state index contributed by atoms with van der Waals surface area (Å²) < 4.78 is 1.54. The third-order valence-corrected chi connectivity index (χ3v) is 16.3. The second-order valence-corrected chi connectivity index (χ2v) is 20.5. The molecule has 3 aromatic rings. The Balaban J connectivity index is 0.00000384. The predicted molar refractivity (Wildman–Crippen MR) is 220 cm³/mol. The van der Waals surface area contributed by atoms with Gasteiger partial charge in [0.1, 0.15) is 0 Å². The number of rotatable bonds is 10. The molecule has 263 valence electrons. The number of hydrogen-bond acceptors (Lipinski definition) is 0. The van der Waals surface area contributed by atoms with Crippen molar-refractivity contribution in [1.82, 2.24) is 0 Å². The van der Waals surface area contributed by atoms with Gasteiger partial charge in [0.05, 0.1) is 0 Å². The van der Waals surface area contributed by atoms with E-state index in [0.717, 1.165) is 6.42 Å². The van der Waals surface area contributed by atoms with Crippen LogP contribution < -0.4 is 15.6 Å². The Morgan fingerprint density at radius 1 is 0.417 bits per heavy atom. The van der Waals surface area contributed by atoms with Crippen LogP contribution in [0.3, 0.4) is 0 Å². The fourth-order valence-electron chi connectivity index (χ4n) is 7.01. The van der Waals surface area contributed by atoms with E-state index in [1.165, 1.54) is 48.4 Å². The van der Waals surface area contributed by atoms with Crippen molar-refractivity contribution in [3.05, 3.63) is 108 Å². The maximum atomic E-state index is 2.64. The number of benzene rings is 3. The van der Waals surface area contributed by atoms with Crippen molar-refractivity contribution in [3.63, 3.8) is 0 Å². The van der Waals surface area contributed by atoms with Gasteiger partial charge >= 0.3 is 291 Å². The molecule has 0 bridgehead atoms. The fourth-order valence-corrected chi connectivity index (χ4v) is 13.4. The minimum absolute atomic E-state index is 0. The van der Waals surface area contributed by atoms with Gasteiger partial charge in [-0.3, -0.25) is 0 Å². The van der Waals surface area contributed by atoms with Gasteiger partial charge in [-0.15, -0.1) is 37.2 Å². The molecule has 0 aliphatic heterocycles. The molecule has 0 atom stereocenters. The molecule has 0 radical (unpaired) electrons. The normalized spacial score (nSPS) is 13.6. The molecular weight excluding hydrogens is 699 g/mol. The SMILES string of the molecule is CC1=[C]([Ti])CC([Si](c2cc(C(C)C)cc(C(C)C)c2)(c2cc(C(C)C)cc(C(C)C)c2)c2cc(C(C)C)cc(C(C)C)c2)=C1C.Cl.Cl.Cl. The summed E-state index contributed by atoms with van der Waals surface area (Å²) in [6.45, 7) is 33.2. The topological polar surface area (TPSA) is 0 Å². The molecule has 0 nitrogen and oxygen atoms in total. The average molecular weight is 761 g/mol. The molecule has 0 saturated heterocycles. The first-order valence-electron chi connectivity index (χ1n) is 17.6. The molecule has 5 heteroatoms. The molecule has 0 N–H and O–H groups in total. The van der Waals surface area contributed by atoms with Crippen molar-refractivity contribution in [1.29, 1.82) is 0 Å². The van der Waals surface area contributed by atoms with E-state index in [9.17, 15) is 0 Å². The van der Waals surface area contributed by atoms with Gasteiger partial charge in [0, 0.05) is 0 Å². The zero-order valence-corrected chi connectivity index (χ0v) is 37.1. The van der Waals surface area contributed by atoms with Gasteiger partial charge in [-0.25, -0.2) is 0 Å².